The van der Waals surface area contributed by atoms with Crippen molar-refractivity contribution in [3.8, 4) is 0 Å². The lowest BCUT2D eigenvalue weighted by Gasteiger charge is -2.24. The van der Waals surface area contributed by atoms with Crippen molar-refractivity contribution in [3.63, 3.8) is 0 Å². The number of aromatic nitrogens is 1. The van der Waals surface area contributed by atoms with Crippen LogP contribution >= 0.6 is 0 Å². The summed E-state index contributed by atoms with van der Waals surface area (Å²) in [6, 6.07) is 5.69. The van der Waals surface area contributed by atoms with Crippen LogP contribution in [0.15, 0.2) is 30.5 Å². The molecule has 1 aromatic heterocycles. The molecule has 3 rings (SSSR count). The van der Waals surface area contributed by atoms with Crippen molar-refractivity contribution in [1.29, 1.82) is 0 Å². The number of fused-ring (bicyclic) bond motifs is 1. The van der Waals surface area contributed by atoms with Gasteiger partial charge in [-0.15, -0.1) is 0 Å². The van der Waals surface area contributed by atoms with E-state index in [0.717, 1.165) is 17.5 Å². The molecule has 1 saturated heterocycles. The second kappa shape index (κ2) is 4.50. The van der Waals surface area contributed by atoms with Gasteiger partial charge in [-0.05, 0) is 31.0 Å². The Balaban J connectivity index is 2.12. The highest BCUT2D eigenvalue weighted by Gasteiger charge is 2.31. The number of hydrogen-bond donors (Lipinski definition) is 1. The highest BCUT2D eigenvalue weighted by Crippen LogP contribution is 2.31. The predicted octanol–water partition coefficient (Wildman–Crippen LogP) is 2.43. The van der Waals surface area contributed by atoms with E-state index in [1.165, 1.54) is 12.1 Å². The molecular formula is C14H13FN2O2. The fraction of sp³-hybridized carbons (Fsp3) is 0.286. The van der Waals surface area contributed by atoms with Crippen LogP contribution < -0.4 is 4.90 Å². The molecule has 1 fully saturated rings. The third kappa shape index (κ3) is 2.01. The van der Waals surface area contributed by atoms with Gasteiger partial charge >= 0.3 is 5.97 Å². The number of benzene rings is 1. The van der Waals surface area contributed by atoms with Crippen molar-refractivity contribution >= 4 is 22.6 Å². The van der Waals surface area contributed by atoms with E-state index < -0.39 is 12.0 Å². The lowest BCUT2D eigenvalue weighted by atomic mass is 10.1. The molecule has 19 heavy (non-hydrogen) atoms. The molecule has 1 aliphatic rings. The van der Waals surface area contributed by atoms with E-state index in [4.69, 9.17) is 0 Å². The van der Waals surface area contributed by atoms with Crippen LogP contribution in [0.2, 0.25) is 0 Å². The second-order valence-corrected chi connectivity index (χ2v) is 4.68. The van der Waals surface area contributed by atoms with Crippen molar-refractivity contribution < 1.29 is 14.3 Å². The third-order valence-corrected chi connectivity index (χ3v) is 3.53. The van der Waals surface area contributed by atoms with Crippen LogP contribution in [0.25, 0.3) is 10.9 Å². The summed E-state index contributed by atoms with van der Waals surface area (Å²) >= 11 is 0. The quantitative estimate of drug-likeness (QED) is 0.901. The summed E-state index contributed by atoms with van der Waals surface area (Å²) in [6.45, 7) is 0.702. The lowest BCUT2D eigenvalue weighted by Crippen LogP contribution is -2.36. The summed E-state index contributed by atoms with van der Waals surface area (Å²) < 4.78 is 13.2. The first-order valence-electron chi connectivity index (χ1n) is 6.20. The van der Waals surface area contributed by atoms with Crippen LogP contribution in [-0.2, 0) is 4.79 Å². The maximum atomic E-state index is 13.2. The monoisotopic (exact) mass is 260 g/mol. The van der Waals surface area contributed by atoms with Gasteiger partial charge in [-0.2, -0.15) is 0 Å². The summed E-state index contributed by atoms with van der Waals surface area (Å²) in [4.78, 5) is 17.3. The number of halogens is 1. The first-order valence-corrected chi connectivity index (χ1v) is 6.20. The summed E-state index contributed by atoms with van der Waals surface area (Å²) in [5.74, 6) is -1.15. The number of aliphatic carboxylic acids is 1. The van der Waals surface area contributed by atoms with Gasteiger partial charge in [-0.1, -0.05) is 0 Å². The molecule has 0 bridgehead atoms. The fourth-order valence-electron chi connectivity index (χ4n) is 2.67. The normalized spacial score (nSPS) is 19.0. The van der Waals surface area contributed by atoms with Crippen molar-refractivity contribution in [2.45, 2.75) is 18.9 Å². The Bertz CT molecular complexity index is 644. The van der Waals surface area contributed by atoms with Gasteiger partial charge < -0.3 is 10.0 Å². The molecule has 5 heteroatoms. The molecule has 1 aliphatic heterocycles. The highest BCUT2D eigenvalue weighted by molar-refractivity contribution is 5.93. The molecule has 1 aromatic carbocycles. The molecule has 1 unspecified atom stereocenters. The number of anilines is 1. The number of carbonyl (C=O) groups is 1. The van der Waals surface area contributed by atoms with Crippen LogP contribution in [0.3, 0.4) is 0 Å². The number of rotatable bonds is 2. The topological polar surface area (TPSA) is 53.4 Å². The molecule has 0 amide bonds. The number of nitrogens with zero attached hydrogens (tertiary/aromatic N) is 2. The third-order valence-electron chi connectivity index (χ3n) is 3.53. The molecule has 4 nitrogen and oxygen atoms in total. The highest BCUT2D eigenvalue weighted by atomic mass is 19.1. The van der Waals surface area contributed by atoms with Gasteiger partial charge in [0.15, 0.2) is 0 Å². The van der Waals surface area contributed by atoms with E-state index in [-0.39, 0.29) is 5.82 Å². The molecule has 0 aliphatic carbocycles. The van der Waals surface area contributed by atoms with Gasteiger partial charge in [0.25, 0.3) is 0 Å². The minimum Gasteiger partial charge on any atom is -0.480 e. The van der Waals surface area contributed by atoms with Gasteiger partial charge in [0.2, 0.25) is 0 Å². The molecule has 98 valence electrons. The molecular weight excluding hydrogens is 247 g/mol. The predicted molar refractivity (Wildman–Crippen MR) is 69.7 cm³/mol. The standard InChI is InChI=1S/C14H13FN2O2/c15-9-3-4-10-11(8-9)16-6-5-12(10)17-7-1-2-13(17)14(18)19/h3-6,8,13H,1-2,7H2,(H,18,19). The van der Waals surface area contributed by atoms with Crippen molar-refractivity contribution in [1.82, 2.24) is 4.98 Å². The molecule has 2 heterocycles. The maximum absolute atomic E-state index is 13.2. The molecule has 1 atom stereocenters. The van der Waals surface area contributed by atoms with E-state index in [1.54, 1.807) is 18.3 Å². The number of hydrogen-bond acceptors (Lipinski definition) is 3. The number of carboxylic acid groups (broad SMARTS) is 1. The van der Waals surface area contributed by atoms with Crippen LogP contribution in [0, 0.1) is 5.82 Å². The minimum absolute atomic E-state index is 0.339. The molecule has 0 spiro atoms. The zero-order valence-electron chi connectivity index (χ0n) is 10.2. The van der Waals surface area contributed by atoms with E-state index in [1.807, 2.05) is 4.90 Å². The summed E-state index contributed by atoms with van der Waals surface area (Å²) in [5, 5.41) is 10.0. The van der Waals surface area contributed by atoms with E-state index in [9.17, 15) is 14.3 Å². The Morgan fingerprint density at radius 3 is 3.05 bits per heavy atom. The van der Waals surface area contributed by atoms with Crippen LogP contribution in [-0.4, -0.2) is 28.6 Å². The average Bonchev–Trinajstić information content (AvgIpc) is 2.86. The minimum atomic E-state index is -0.815. The zero-order valence-corrected chi connectivity index (χ0v) is 10.2. The van der Waals surface area contributed by atoms with Crippen molar-refractivity contribution in [2.24, 2.45) is 0 Å². The van der Waals surface area contributed by atoms with E-state index in [2.05, 4.69) is 4.98 Å². The largest absolute Gasteiger partial charge is 0.480 e. The van der Waals surface area contributed by atoms with Crippen molar-refractivity contribution in [2.75, 3.05) is 11.4 Å². The number of carboxylic acids is 1. The van der Waals surface area contributed by atoms with Gasteiger partial charge in [0, 0.05) is 29.9 Å². The first kappa shape index (κ1) is 11.9. The van der Waals surface area contributed by atoms with Crippen LogP contribution in [0.5, 0.6) is 0 Å². The van der Waals surface area contributed by atoms with E-state index in [0.29, 0.717) is 18.5 Å². The lowest BCUT2D eigenvalue weighted by molar-refractivity contribution is -0.138. The Kier molecular flexibility index (Phi) is 2.81. The Morgan fingerprint density at radius 2 is 2.26 bits per heavy atom. The number of pyridine rings is 1. The molecule has 0 radical (unpaired) electrons. The van der Waals surface area contributed by atoms with Crippen molar-refractivity contribution in [3.05, 3.63) is 36.3 Å². The molecule has 2 aromatic rings. The SMILES string of the molecule is O=C(O)C1CCCN1c1ccnc2cc(F)ccc12. The summed E-state index contributed by atoms with van der Waals surface area (Å²) in [5.41, 5.74) is 1.36. The zero-order chi connectivity index (χ0) is 13.4. The average molecular weight is 260 g/mol. The van der Waals surface area contributed by atoms with Gasteiger partial charge in [0.1, 0.15) is 11.9 Å². The summed E-state index contributed by atoms with van der Waals surface area (Å²) in [7, 11) is 0. The smallest absolute Gasteiger partial charge is 0.326 e. The van der Waals surface area contributed by atoms with Gasteiger partial charge in [0.05, 0.1) is 5.52 Å². The molecule has 1 N–H and O–H groups in total. The van der Waals surface area contributed by atoms with Crippen LogP contribution in [0.4, 0.5) is 10.1 Å². The Morgan fingerprint density at radius 1 is 1.42 bits per heavy atom. The fourth-order valence-corrected chi connectivity index (χ4v) is 2.67. The Hall–Kier alpha value is -2.17. The maximum Gasteiger partial charge on any atom is 0.326 e. The summed E-state index contributed by atoms with van der Waals surface area (Å²) in [6.07, 6.45) is 3.08. The first-order chi connectivity index (χ1) is 9.16. The van der Waals surface area contributed by atoms with Gasteiger partial charge in [-0.25, -0.2) is 9.18 Å². The second-order valence-electron chi connectivity index (χ2n) is 4.68. The van der Waals surface area contributed by atoms with Crippen LogP contribution in [0.1, 0.15) is 12.8 Å². The van der Waals surface area contributed by atoms with Gasteiger partial charge in [-0.3, -0.25) is 4.98 Å². The Labute approximate surface area is 109 Å². The molecule has 0 saturated carbocycles. The van der Waals surface area contributed by atoms with E-state index >= 15 is 0 Å².